The number of aliphatic imine (C=N–C) groups is 1. The zero-order chi connectivity index (χ0) is 8.85. The summed E-state index contributed by atoms with van der Waals surface area (Å²) < 4.78 is 0. The molecular weight excluding hydrogens is 138 g/mol. The first kappa shape index (κ1) is 10.3. The van der Waals surface area contributed by atoms with Crippen molar-refractivity contribution in [3.63, 3.8) is 0 Å². The van der Waals surface area contributed by atoms with Gasteiger partial charge in [-0.25, -0.2) is 0 Å². The number of nitrogens with two attached hydrogens (primary N) is 2. The quantitative estimate of drug-likeness (QED) is 0.474. The van der Waals surface area contributed by atoms with Crippen LogP contribution in [0, 0.1) is 5.92 Å². The molecule has 0 bridgehead atoms. The van der Waals surface area contributed by atoms with Gasteiger partial charge in [0.15, 0.2) is 5.96 Å². The van der Waals surface area contributed by atoms with Crippen molar-refractivity contribution >= 4 is 5.96 Å². The summed E-state index contributed by atoms with van der Waals surface area (Å²) in [7, 11) is 0. The highest BCUT2D eigenvalue weighted by Crippen LogP contribution is 2.11. The Morgan fingerprint density at radius 1 is 1.36 bits per heavy atom. The molecule has 0 heterocycles. The lowest BCUT2D eigenvalue weighted by atomic mass is 10.0. The van der Waals surface area contributed by atoms with E-state index in [1.54, 1.807) is 0 Å². The first-order chi connectivity index (χ1) is 5.06. The molecule has 0 amide bonds. The molecule has 66 valence electrons. The van der Waals surface area contributed by atoms with Crippen molar-refractivity contribution in [1.29, 1.82) is 0 Å². The van der Waals surface area contributed by atoms with Gasteiger partial charge in [-0.15, -0.1) is 0 Å². The number of hydrogen-bond acceptors (Lipinski definition) is 1. The van der Waals surface area contributed by atoms with Gasteiger partial charge in [0, 0.05) is 0 Å². The Balaban J connectivity index is 3.69. The third-order valence-corrected chi connectivity index (χ3v) is 1.81. The van der Waals surface area contributed by atoms with E-state index in [0.717, 1.165) is 6.42 Å². The Labute approximate surface area is 68.9 Å². The zero-order valence-electron chi connectivity index (χ0n) is 7.67. The van der Waals surface area contributed by atoms with Gasteiger partial charge in [-0.2, -0.15) is 0 Å². The smallest absolute Gasteiger partial charge is 0.186 e. The molecular formula is C8H19N3. The molecule has 0 aromatic carbocycles. The monoisotopic (exact) mass is 157 g/mol. The Kier molecular flexibility index (Phi) is 4.66. The van der Waals surface area contributed by atoms with Gasteiger partial charge in [0.2, 0.25) is 0 Å². The van der Waals surface area contributed by atoms with Gasteiger partial charge >= 0.3 is 0 Å². The second kappa shape index (κ2) is 4.99. The van der Waals surface area contributed by atoms with Crippen LogP contribution in [0.3, 0.4) is 0 Å². The molecule has 0 aliphatic heterocycles. The molecule has 0 radical (unpaired) electrons. The van der Waals surface area contributed by atoms with E-state index in [9.17, 15) is 0 Å². The summed E-state index contributed by atoms with van der Waals surface area (Å²) in [6, 6.07) is 0.259. The Hall–Kier alpha value is -0.730. The third kappa shape index (κ3) is 5.70. The minimum Gasteiger partial charge on any atom is -0.370 e. The standard InChI is InChI=1S/C8H19N3/c1-4-6(2)5-7(3)11-8(9)10/h6-7H,4-5H2,1-3H3,(H4,9,10,11). The van der Waals surface area contributed by atoms with E-state index in [0.29, 0.717) is 5.92 Å². The number of guanidine groups is 1. The van der Waals surface area contributed by atoms with Crippen LogP contribution in [0.25, 0.3) is 0 Å². The zero-order valence-corrected chi connectivity index (χ0v) is 7.67. The maximum absolute atomic E-state index is 5.24. The van der Waals surface area contributed by atoms with E-state index in [4.69, 9.17) is 11.5 Å². The highest BCUT2D eigenvalue weighted by atomic mass is 15.0. The van der Waals surface area contributed by atoms with Crippen LogP contribution in [0.2, 0.25) is 0 Å². The summed E-state index contributed by atoms with van der Waals surface area (Å²) in [5.41, 5.74) is 10.5. The maximum Gasteiger partial charge on any atom is 0.186 e. The topological polar surface area (TPSA) is 64.4 Å². The minimum absolute atomic E-state index is 0.195. The van der Waals surface area contributed by atoms with Crippen LogP contribution in [-0.4, -0.2) is 12.0 Å². The van der Waals surface area contributed by atoms with Gasteiger partial charge in [-0.1, -0.05) is 20.3 Å². The summed E-state index contributed by atoms with van der Waals surface area (Å²) in [6.45, 7) is 6.41. The normalized spacial score (nSPS) is 15.5. The summed E-state index contributed by atoms with van der Waals surface area (Å²) >= 11 is 0. The fourth-order valence-corrected chi connectivity index (χ4v) is 1.06. The summed E-state index contributed by atoms with van der Waals surface area (Å²) in [6.07, 6.45) is 2.25. The molecule has 0 rings (SSSR count). The highest BCUT2D eigenvalue weighted by molar-refractivity contribution is 5.75. The molecule has 11 heavy (non-hydrogen) atoms. The van der Waals surface area contributed by atoms with E-state index in [1.165, 1.54) is 6.42 Å². The van der Waals surface area contributed by atoms with Gasteiger partial charge in [0.25, 0.3) is 0 Å². The summed E-state index contributed by atoms with van der Waals surface area (Å²) in [5.74, 6) is 0.897. The van der Waals surface area contributed by atoms with Crippen molar-refractivity contribution in [1.82, 2.24) is 0 Å². The van der Waals surface area contributed by atoms with Crippen molar-refractivity contribution < 1.29 is 0 Å². The second-order valence-corrected chi connectivity index (χ2v) is 3.15. The van der Waals surface area contributed by atoms with Crippen molar-refractivity contribution in [2.24, 2.45) is 22.4 Å². The second-order valence-electron chi connectivity index (χ2n) is 3.15. The molecule has 3 heteroatoms. The molecule has 0 saturated heterocycles. The van der Waals surface area contributed by atoms with Crippen molar-refractivity contribution in [2.75, 3.05) is 0 Å². The maximum atomic E-state index is 5.24. The number of nitrogens with zero attached hydrogens (tertiary/aromatic N) is 1. The number of rotatable bonds is 4. The van der Waals surface area contributed by atoms with Crippen LogP contribution < -0.4 is 11.5 Å². The van der Waals surface area contributed by atoms with E-state index < -0.39 is 0 Å². The molecule has 0 aromatic heterocycles. The third-order valence-electron chi connectivity index (χ3n) is 1.81. The van der Waals surface area contributed by atoms with Crippen molar-refractivity contribution in [3.8, 4) is 0 Å². The Bertz CT molecular complexity index is 127. The SMILES string of the molecule is CCC(C)CC(C)N=C(N)N. The predicted octanol–water partition coefficient (Wildman–Crippen LogP) is 1.08. The Morgan fingerprint density at radius 2 is 1.91 bits per heavy atom. The van der Waals surface area contributed by atoms with Gasteiger partial charge < -0.3 is 11.5 Å². The minimum atomic E-state index is 0.195. The molecule has 0 saturated carbocycles. The average molecular weight is 157 g/mol. The molecule has 3 nitrogen and oxygen atoms in total. The van der Waals surface area contributed by atoms with Gasteiger partial charge in [0.1, 0.15) is 0 Å². The molecule has 0 spiro atoms. The lowest BCUT2D eigenvalue weighted by Crippen LogP contribution is -2.25. The van der Waals surface area contributed by atoms with Crippen LogP contribution in [0.4, 0.5) is 0 Å². The predicted molar refractivity (Wildman–Crippen MR) is 49.3 cm³/mol. The van der Waals surface area contributed by atoms with Crippen LogP contribution >= 0.6 is 0 Å². The van der Waals surface area contributed by atoms with Crippen molar-refractivity contribution in [2.45, 2.75) is 39.7 Å². The largest absolute Gasteiger partial charge is 0.370 e. The molecule has 0 aliphatic rings. The van der Waals surface area contributed by atoms with Gasteiger partial charge in [-0.3, -0.25) is 4.99 Å². The Morgan fingerprint density at radius 3 is 2.27 bits per heavy atom. The lowest BCUT2D eigenvalue weighted by Gasteiger charge is -2.11. The molecule has 0 aromatic rings. The van der Waals surface area contributed by atoms with Gasteiger partial charge in [-0.05, 0) is 19.3 Å². The van der Waals surface area contributed by atoms with E-state index >= 15 is 0 Å². The highest BCUT2D eigenvalue weighted by Gasteiger charge is 2.04. The van der Waals surface area contributed by atoms with Gasteiger partial charge in [0.05, 0.1) is 6.04 Å². The summed E-state index contributed by atoms with van der Waals surface area (Å²) in [5, 5.41) is 0. The van der Waals surface area contributed by atoms with Crippen LogP contribution in [0.1, 0.15) is 33.6 Å². The van der Waals surface area contributed by atoms with E-state index in [2.05, 4.69) is 18.8 Å². The first-order valence-electron chi connectivity index (χ1n) is 4.15. The fraction of sp³-hybridized carbons (Fsp3) is 0.875. The lowest BCUT2D eigenvalue weighted by molar-refractivity contribution is 0.470. The van der Waals surface area contributed by atoms with Crippen LogP contribution in [-0.2, 0) is 0 Å². The average Bonchev–Trinajstić information content (AvgIpc) is 1.85. The van der Waals surface area contributed by atoms with E-state index in [1.807, 2.05) is 6.92 Å². The van der Waals surface area contributed by atoms with Crippen LogP contribution in [0.15, 0.2) is 4.99 Å². The fourth-order valence-electron chi connectivity index (χ4n) is 1.06. The van der Waals surface area contributed by atoms with Crippen molar-refractivity contribution in [3.05, 3.63) is 0 Å². The van der Waals surface area contributed by atoms with Crippen LogP contribution in [0.5, 0.6) is 0 Å². The summed E-state index contributed by atoms with van der Waals surface area (Å²) in [4.78, 5) is 4.04. The molecule has 2 unspecified atom stereocenters. The molecule has 2 atom stereocenters. The molecule has 0 fully saturated rings. The molecule has 0 aliphatic carbocycles. The first-order valence-corrected chi connectivity index (χ1v) is 4.15. The number of hydrogen-bond donors (Lipinski definition) is 2. The molecule has 4 N–H and O–H groups in total. The van der Waals surface area contributed by atoms with E-state index in [-0.39, 0.29) is 12.0 Å².